The molecule has 0 aliphatic rings. The van der Waals surface area contributed by atoms with E-state index in [0.29, 0.717) is 17.1 Å². The van der Waals surface area contributed by atoms with Crippen LogP contribution in [0.1, 0.15) is 26.3 Å². The molecule has 0 fully saturated rings. The summed E-state index contributed by atoms with van der Waals surface area (Å²) >= 11 is 6.01. The normalized spacial score (nSPS) is 12.5. The SMILES string of the molecule is CC(C)(C)CN/C(C#N)=C(/C#N)N=Cc1ccccc1Cl. The molecular weight excluding hydrogens is 284 g/mol. The zero-order valence-corrected chi connectivity index (χ0v) is 13.1. The zero-order chi connectivity index (χ0) is 15.9. The van der Waals surface area contributed by atoms with Crippen LogP contribution < -0.4 is 5.32 Å². The van der Waals surface area contributed by atoms with Crippen LogP contribution >= 0.6 is 11.6 Å². The van der Waals surface area contributed by atoms with Crippen LogP contribution in [-0.4, -0.2) is 12.8 Å². The highest BCUT2D eigenvalue weighted by atomic mass is 35.5. The summed E-state index contributed by atoms with van der Waals surface area (Å²) in [4.78, 5) is 4.07. The molecule has 1 aromatic rings. The van der Waals surface area contributed by atoms with Crippen molar-refractivity contribution in [1.29, 1.82) is 10.5 Å². The van der Waals surface area contributed by atoms with E-state index in [0.717, 1.165) is 0 Å². The topological polar surface area (TPSA) is 72.0 Å². The minimum absolute atomic E-state index is 0.00484. The zero-order valence-electron chi connectivity index (χ0n) is 12.3. The Bertz CT molecular complexity index is 639. The maximum absolute atomic E-state index is 9.16. The second-order valence-electron chi connectivity index (χ2n) is 5.64. The van der Waals surface area contributed by atoms with Gasteiger partial charge in [-0.1, -0.05) is 50.6 Å². The standard InChI is InChI=1S/C16H17ClN4/c1-16(2,3)11-21-15(9-19)14(8-18)20-10-12-6-4-5-7-13(12)17/h4-7,10,21H,11H2,1-3H3/b15-14-,20-10?. The van der Waals surface area contributed by atoms with E-state index in [9.17, 15) is 0 Å². The minimum Gasteiger partial charge on any atom is -0.374 e. The molecule has 21 heavy (non-hydrogen) atoms. The van der Waals surface area contributed by atoms with Crippen LogP contribution in [0.5, 0.6) is 0 Å². The van der Waals surface area contributed by atoms with Gasteiger partial charge in [0.1, 0.15) is 12.1 Å². The van der Waals surface area contributed by atoms with Gasteiger partial charge in [0.15, 0.2) is 11.4 Å². The van der Waals surface area contributed by atoms with Crippen LogP contribution in [0.15, 0.2) is 40.7 Å². The van der Waals surface area contributed by atoms with Crippen LogP contribution in [0.2, 0.25) is 5.02 Å². The Morgan fingerprint density at radius 3 is 2.48 bits per heavy atom. The van der Waals surface area contributed by atoms with Crippen LogP contribution in [0.25, 0.3) is 0 Å². The second kappa shape index (κ2) is 7.47. The van der Waals surface area contributed by atoms with Gasteiger partial charge in [0.25, 0.3) is 0 Å². The lowest BCUT2D eigenvalue weighted by Gasteiger charge is -2.18. The van der Waals surface area contributed by atoms with Crippen molar-refractivity contribution in [3.05, 3.63) is 46.2 Å². The quantitative estimate of drug-likeness (QED) is 0.681. The van der Waals surface area contributed by atoms with E-state index in [1.165, 1.54) is 6.21 Å². The Labute approximate surface area is 130 Å². The molecule has 1 aromatic carbocycles. The molecule has 4 nitrogen and oxygen atoms in total. The molecule has 0 heterocycles. The van der Waals surface area contributed by atoms with E-state index >= 15 is 0 Å². The minimum atomic E-state index is -0.00484. The average Bonchev–Trinajstić information content (AvgIpc) is 2.43. The number of benzene rings is 1. The summed E-state index contributed by atoms with van der Waals surface area (Å²) in [5.74, 6) is 0. The molecule has 0 bridgehead atoms. The molecule has 0 amide bonds. The number of halogens is 1. The van der Waals surface area contributed by atoms with E-state index in [2.05, 4.69) is 10.3 Å². The molecule has 0 radical (unpaired) electrons. The number of nitrogens with one attached hydrogen (secondary N) is 1. The van der Waals surface area contributed by atoms with Crippen molar-refractivity contribution in [2.45, 2.75) is 20.8 Å². The third kappa shape index (κ3) is 5.69. The summed E-state index contributed by atoms with van der Waals surface area (Å²) in [6.07, 6.45) is 1.48. The van der Waals surface area contributed by atoms with Gasteiger partial charge >= 0.3 is 0 Å². The number of hydrogen-bond donors (Lipinski definition) is 1. The van der Waals surface area contributed by atoms with Crippen LogP contribution in [0.4, 0.5) is 0 Å². The molecule has 5 heteroatoms. The molecular formula is C16H17ClN4. The lowest BCUT2D eigenvalue weighted by atomic mass is 9.97. The fourth-order valence-electron chi connectivity index (χ4n) is 1.39. The maximum Gasteiger partial charge on any atom is 0.174 e. The molecule has 0 aliphatic heterocycles. The van der Waals surface area contributed by atoms with Crippen LogP contribution in [0, 0.1) is 28.1 Å². The van der Waals surface area contributed by atoms with Gasteiger partial charge < -0.3 is 5.32 Å². The Morgan fingerprint density at radius 1 is 1.29 bits per heavy atom. The maximum atomic E-state index is 9.16. The lowest BCUT2D eigenvalue weighted by molar-refractivity contribution is 0.399. The molecule has 0 aliphatic carbocycles. The number of nitriles is 2. The summed E-state index contributed by atoms with van der Waals surface area (Å²) in [6, 6.07) is 11.1. The van der Waals surface area contributed by atoms with Gasteiger partial charge in [-0.05, 0) is 11.5 Å². The summed E-state index contributed by atoms with van der Waals surface area (Å²) < 4.78 is 0. The summed E-state index contributed by atoms with van der Waals surface area (Å²) in [6.45, 7) is 6.68. The molecule has 1 N–H and O–H groups in total. The Hall–Kier alpha value is -2.30. The van der Waals surface area contributed by atoms with Crippen molar-refractivity contribution in [3.63, 3.8) is 0 Å². The monoisotopic (exact) mass is 300 g/mol. The fraction of sp³-hybridized carbons (Fsp3) is 0.312. The fourth-order valence-corrected chi connectivity index (χ4v) is 1.58. The molecule has 0 spiro atoms. The molecule has 0 atom stereocenters. The van der Waals surface area contributed by atoms with Crippen molar-refractivity contribution < 1.29 is 0 Å². The van der Waals surface area contributed by atoms with Crippen molar-refractivity contribution >= 4 is 17.8 Å². The van der Waals surface area contributed by atoms with Gasteiger partial charge in [-0.2, -0.15) is 10.5 Å². The third-order valence-corrected chi connectivity index (χ3v) is 2.83. The average molecular weight is 301 g/mol. The Morgan fingerprint density at radius 2 is 1.95 bits per heavy atom. The Kier molecular flexibility index (Phi) is 5.96. The summed E-state index contributed by atoms with van der Waals surface area (Å²) in [5, 5.41) is 21.8. The summed E-state index contributed by atoms with van der Waals surface area (Å²) in [7, 11) is 0. The number of allylic oxidation sites excluding steroid dienone is 2. The van der Waals surface area contributed by atoms with Crippen molar-refractivity contribution in [1.82, 2.24) is 5.32 Å². The van der Waals surface area contributed by atoms with Gasteiger partial charge in [0.2, 0.25) is 0 Å². The highest BCUT2D eigenvalue weighted by Crippen LogP contribution is 2.14. The van der Waals surface area contributed by atoms with Crippen LogP contribution in [0.3, 0.4) is 0 Å². The molecule has 0 saturated heterocycles. The van der Waals surface area contributed by atoms with Gasteiger partial charge in [0.05, 0.1) is 0 Å². The number of rotatable bonds is 4. The Balaban J connectivity index is 3.00. The predicted octanol–water partition coefficient (Wildman–Crippen LogP) is 3.65. The second-order valence-corrected chi connectivity index (χ2v) is 6.05. The smallest absolute Gasteiger partial charge is 0.174 e. The largest absolute Gasteiger partial charge is 0.374 e. The highest BCUT2D eigenvalue weighted by Gasteiger charge is 2.12. The van der Waals surface area contributed by atoms with E-state index in [1.807, 2.05) is 45.0 Å². The first-order valence-electron chi connectivity index (χ1n) is 6.44. The van der Waals surface area contributed by atoms with E-state index < -0.39 is 0 Å². The van der Waals surface area contributed by atoms with E-state index in [-0.39, 0.29) is 16.8 Å². The molecule has 1 rings (SSSR count). The molecule has 0 saturated carbocycles. The van der Waals surface area contributed by atoms with Crippen molar-refractivity contribution in [2.24, 2.45) is 10.4 Å². The molecule has 108 valence electrons. The number of hydrogen-bond acceptors (Lipinski definition) is 4. The molecule has 0 aromatic heterocycles. The highest BCUT2D eigenvalue weighted by molar-refractivity contribution is 6.33. The first-order chi connectivity index (χ1) is 9.87. The number of aliphatic imine (C=N–C) groups is 1. The van der Waals surface area contributed by atoms with Gasteiger partial charge in [-0.3, -0.25) is 0 Å². The first-order valence-corrected chi connectivity index (χ1v) is 6.82. The van der Waals surface area contributed by atoms with Gasteiger partial charge in [-0.25, -0.2) is 4.99 Å². The van der Waals surface area contributed by atoms with E-state index in [1.54, 1.807) is 12.1 Å². The van der Waals surface area contributed by atoms with E-state index in [4.69, 9.17) is 22.1 Å². The van der Waals surface area contributed by atoms with Crippen molar-refractivity contribution in [3.8, 4) is 12.1 Å². The van der Waals surface area contributed by atoms with Crippen LogP contribution in [-0.2, 0) is 0 Å². The van der Waals surface area contributed by atoms with Crippen molar-refractivity contribution in [2.75, 3.05) is 6.54 Å². The lowest BCUT2D eigenvalue weighted by Crippen LogP contribution is -2.26. The predicted molar refractivity (Wildman–Crippen MR) is 84.8 cm³/mol. The van der Waals surface area contributed by atoms with Gasteiger partial charge in [-0.15, -0.1) is 0 Å². The summed E-state index contributed by atoms with van der Waals surface area (Å²) in [5.41, 5.74) is 0.896. The third-order valence-electron chi connectivity index (χ3n) is 2.49. The number of nitrogens with zero attached hydrogens (tertiary/aromatic N) is 3. The van der Waals surface area contributed by atoms with Gasteiger partial charge in [0, 0.05) is 23.3 Å². The first kappa shape index (κ1) is 16.8. The molecule has 0 unspecified atom stereocenters.